The minimum atomic E-state index is 0.573. The largest absolute Gasteiger partial charge is 0.289 e. The molecule has 0 bridgehead atoms. The third-order valence-electron chi connectivity index (χ3n) is 4.71. The van der Waals surface area contributed by atoms with Crippen LogP contribution in [0.5, 0.6) is 0 Å². The molecule has 0 aliphatic carbocycles. The Bertz CT molecular complexity index is 575. The highest BCUT2D eigenvalue weighted by Gasteiger charge is 2.37. The molecule has 4 rings (SSSR count). The molecule has 1 saturated heterocycles. The van der Waals surface area contributed by atoms with E-state index in [2.05, 4.69) is 59.5 Å². The number of nitrogens with zero attached hydrogens (tertiary/aromatic N) is 1. The molecule has 1 fully saturated rings. The lowest BCUT2D eigenvalue weighted by Gasteiger charge is -2.39. The van der Waals surface area contributed by atoms with Crippen LogP contribution in [0.4, 0.5) is 0 Å². The summed E-state index contributed by atoms with van der Waals surface area (Å²) in [6.45, 7) is 1.25. The number of benzene rings is 2. The lowest BCUT2D eigenvalue weighted by atomic mass is 9.86. The molecule has 0 unspecified atom stereocenters. The second-order valence-electron chi connectivity index (χ2n) is 5.73. The van der Waals surface area contributed by atoms with Gasteiger partial charge in [0, 0.05) is 12.1 Å². The zero-order valence-corrected chi connectivity index (χ0v) is 11.1. The monoisotopic (exact) mass is 249 g/mol. The third kappa shape index (κ3) is 1.81. The molecule has 1 heteroatoms. The third-order valence-corrected chi connectivity index (χ3v) is 4.71. The van der Waals surface area contributed by atoms with E-state index in [9.17, 15) is 0 Å². The number of fused-ring (bicyclic) bond motifs is 3. The van der Waals surface area contributed by atoms with Crippen molar-refractivity contribution in [3.8, 4) is 0 Å². The van der Waals surface area contributed by atoms with Crippen molar-refractivity contribution < 1.29 is 0 Å². The summed E-state index contributed by atoms with van der Waals surface area (Å²) in [5.74, 6) is 0. The van der Waals surface area contributed by atoms with Crippen LogP contribution in [0.1, 0.15) is 41.6 Å². The zero-order chi connectivity index (χ0) is 12.7. The molecular formula is C18H19N. The van der Waals surface area contributed by atoms with Gasteiger partial charge in [0.1, 0.15) is 0 Å². The molecule has 0 aromatic heterocycles. The molecule has 2 aliphatic rings. The predicted octanol–water partition coefficient (Wildman–Crippen LogP) is 4.12. The Labute approximate surface area is 114 Å². The molecule has 2 heterocycles. The molecule has 96 valence electrons. The molecule has 2 aromatic rings. The van der Waals surface area contributed by atoms with Gasteiger partial charge in [-0.05, 0) is 42.5 Å². The highest BCUT2D eigenvalue weighted by Crippen LogP contribution is 2.45. The van der Waals surface area contributed by atoms with Gasteiger partial charge in [0.2, 0.25) is 0 Å². The summed E-state index contributed by atoms with van der Waals surface area (Å²) < 4.78 is 0. The SMILES string of the molecule is c1ccc([C@@H]2Cc3ccccc3[C@@H]3CCCN23)cc1. The van der Waals surface area contributed by atoms with Crippen LogP contribution >= 0.6 is 0 Å². The van der Waals surface area contributed by atoms with Gasteiger partial charge in [0.25, 0.3) is 0 Å². The van der Waals surface area contributed by atoms with E-state index in [-0.39, 0.29) is 0 Å². The Morgan fingerprint density at radius 1 is 0.842 bits per heavy atom. The first-order valence-electron chi connectivity index (χ1n) is 7.32. The van der Waals surface area contributed by atoms with E-state index < -0.39 is 0 Å². The summed E-state index contributed by atoms with van der Waals surface area (Å²) in [7, 11) is 0. The number of hydrogen-bond donors (Lipinski definition) is 0. The fraction of sp³-hybridized carbons (Fsp3) is 0.333. The van der Waals surface area contributed by atoms with Crippen LogP contribution in [-0.4, -0.2) is 11.4 Å². The van der Waals surface area contributed by atoms with Crippen molar-refractivity contribution in [1.29, 1.82) is 0 Å². The van der Waals surface area contributed by atoms with Gasteiger partial charge in [-0.3, -0.25) is 4.90 Å². The quantitative estimate of drug-likeness (QED) is 0.735. The Hall–Kier alpha value is -1.60. The van der Waals surface area contributed by atoms with Gasteiger partial charge in [-0.1, -0.05) is 54.6 Å². The first-order valence-corrected chi connectivity index (χ1v) is 7.32. The van der Waals surface area contributed by atoms with E-state index in [1.54, 1.807) is 11.1 Å². The van der Waals surface area contributed by atoms with E-state index in [4.69, 9.17) is 0 Å². The van der Waals surface area contributed by atoms with Crippen molar-refractivity contribution >= 4 is 0 Å². The summed E-state index contributed by atoms with van der Waals surface area (Å²) in [4.78, 5) is 2.72. The van der Waals surface area contributed by atoms with Gasteiger partial charge < -0.3 is 0 Å². The van der Waals surface area contributed by atoms with Gasteiger partial charge >= 0.3 is 0 Å². The Balaban J connectivity index is 1.79. The molecule has 0 radical (unpaired) electrons. The second kappa shape index (κ2) is 4.50. The normalized spacial score (nSPS) is 25.9. The minimum absolute atomic E-state index is 0.573. The van der Waals surface area contributed by atoms with Crippen LogP contribution in [0.3, 0.4) is 0 Å². The summed E-state index contributed by atoms with van der Waals surface area (Å²) in [6.07, 6.45) is 3.82. The van der Waals surface area contributed by atoms with Gasteiger partial charge in [-0.25, -0.2) is 0 Å². The summed E-state index contributed by atoms with van der Waals surface area (Å²) in [5, 5.41) is 0. The summed E-state index contributed by atoms with van der Waals surface area (Å²) in [5.41, 5.74) is 4.61. The molecule has 0 amide bonds. The molecule has 0 spiro atoms. The first-order chi connectivity index (χ1) is 9.43. The van der Waals surface area contributed by atoms with Gasteiger partial charge in [0.05, 0.1) is 0 Å². The van der Waals surface area contributed by atoms with Crippen molar-refractivity contribution in [2.24, 2.45) is 0 Å². The van der Waals surface area contributed by atoms with Crippen molar-refractivity contribution in [3.05, 3.63) is 71.3 Å². The smallest absolute Gasteiger partial charge is 0.0394 e. The van der Waals surface area contributed by atoms with Crippen molar-refractivity contribution in [2.75, 3.05) is 6.54 Å². The molecule has 19 heavy (non-hydrogen) atoms. The van der Waals surface area contributed by atoms with E-state index in [0.717, 1.165) is 6.42 Å². The fourth-order valence-corrected chi connectivity index (χ4v) is 3.85. The maximum absolute atomic E-state index is 2.72. The molecule has 2 atom stereocenters. The Morgan fingerprint density at radius 2 is 1.63 bits per heavy atom. The molecular weight excluding hydrogens is 230 g/mol. The van der Waals surface area contributed by atoms with Crippen LogP contribution < -0.4 is 0 Å². The van der Waals surface area contributed by atoms with Crippen molar-refractivity contribution in [3.63, 3.8) is 0 Å². The lowest BCUT2D eigenvalue weighted by Crippen LogP contribution is -2.34. The van der Waals surface area contributed by atoms with E-state index in [1.165, 1.54) is 24.9 Å². The fourth-order valence-electron chi connectivity index (χ4n) is 3.85. The number of rotatable bonds is 1. The highest BCUT2D eigenvalue weighted by molar-refractivity contribution is 5.36. The summed E-state index contributed by atoms with van der Waals surface area (Å²) >= 11 is 0. The Kier molecular flexibility index (Phi) is 2.66. The first kappa shape index (κ1) is 11.2. The lowest BCUT2D eigenvalue weighted by molar-refractivity contribution is 0.163. The second-order valence-corrected chi connectivity index (χ2v) is 5.73. The molecule has 0 N–H and O–H groups in total. The van der Waals surface area contributed by atoms with E-state index in [1.807, 2.05) is 0 Å². The Morgan fingerprint density at radius 3 is 2.53 bits per heavy atom. The van der Waals surface area contributed by atoms with Crippen LogP contribution in [0, 0.1) is 0 Å². The molecule has 2 aromatic carbocycles. The van der Waals surface area contributed by atoms with Crippen molar-refractivity contribution in [1.82, 2.24) is 4.90 Å². The molecule has 0 saturated carbocycles. The zero-order valence-electron chi connectivity index (χ0n) is 11.1. The average Bonchev–Trinajstić information content (AvgIpc) is 2.97. The van der Waals surface area contributed by atoms with Crippen LogP contribution in [0.2, 0.25) is 0 Å². The van der Waals surface area contributed by atoms with Gasteiger partial charge in [-0.15, -0.1) is 0 Å². The molecule has 2 aliphatic heterocycles. The van der Waals surface area contributed by atoms with E-state index >= 15 is 0 Å². The van der Waals surface area contributed by atoms with Crippen LogP contribution in [0.15, 0.2) is 54.6 Å². The van der Waals surface area contributed by atoms with Gasteiger partial charge in [0.15, 0.2) is 0 Å². The highest BCUT2D eigenvalue weighted by atomic mass is 15.2. The topological polar surface area (TPSA) is 3.24 Å². The number of hydrogen-bond acceptors (Lipinski definition) is 1. The van der Waals surface area contributed by atoms with Crippen LogP contribution in [-0.2, 0) is 6.42 Å². The average molecular weight is 249 g/mol. The standard InChI is InChI=1S/C18H19N/c1-2-7-14(8-3-1)18-13-15-9-4-5-10-16(15)17-11-6-12-19(17)18/h1-5,7-10,17-18H,6,11-13H2/t17-,18-/m0/s1. The van der Waals surface area contributed by atoms with Gasteiger partial charge in [-0.2, -0.15) is 0 Å². The van der Waals surface area contributed by atoms with E-state index in [0.29, 0.717) is 12.1 Å². The van der Waals surface area contributed by atoms with Crippen molar-refractivity contribution in [2.45, 2.75) is 31.3 Å². The molecule has 1 nitrogen and oxygen atoms in total. The minimum Gasteiger partial charge on any atom is -0.289 e. The van der Waals surface area contributed by atoms with Crippen LogP contribution in [0.25, 0.3) is 0 Å². The summed E-state index contributed by atoms with van der Waals surface area (Å²) in [6, 6.07) is 21.3. The maximum atomic E-state index is 2.72. The maximum Gasteiger partial charge on any atom is 0.0394 e. The predicted molar refractivity (Wildman–Crippen MR) is 78.0 cm³/mol.